The first-order valence-corrected chi connectivity index (χ1v) is 7.80. The van der Waals surface area contributed by atoms with Crippen molar-refractivity contribution in [3.8, 4) is 0 Å². The molecule has 0 aliphatic rings. The normalized spacial score (nSPS) is 10.0. The predicted octanol–water partition coefficient (Wildman–Crippen LogP) is 2.85. The number of hydrogen-bond donors (Lipinski definition) is 2. The number of anilines is 1. The second kappa shape index (κ2) is 8.13. The van der Waals surface area contributed by atoms with E-state index in [0.717, 1.165) is 18.2 Å². The Labute approximate surface area is 161 Å². The third-order valence-corrected chi connectivity index (χ3v) is 3.68. The summed E-state index contributed by atoms with van der Waals surface area (Å²) in [6.45, 7) is 1.55. The van der Waals surface area contributed by atoms with E-state index in [9.17, 15) is 35.1 Å². The van der Waals surface area contributed by atoms with Crippen LogP contribution in [-0.2, 0) is 0 Å². The minimum atomic E-state index is -0.925. The number of nitro groups is 3. The fourth-order valence-electron chi connectivity index (χ4n) is 2.16. The number of rotatable bonds is 5. The molecule has 2 N–H and O–H groups in total. The van der Waals surface area contributed by atoms with Crippen molar-refractivity contribution in [1.29, 1.82) is 0 Å². The molecule has 0 fully saturated rings. The van der Waals surface area contributed by atoms with E-state index in [4.69, 9.17) is 12.2 Å². The van der Waals surface area contributed by atoms with E-state index >= 15 is 0 Å². The van der Waals surface area contributed by atoms with Crippen LogP contribution in [0.5, 0.6) is 0 Å². The van der Waals surface area contributed by atoms with Crippen LogP contribution < -0.4 is 10.6 Å². The largest absolute Gasteiger partial charge is 0.332 e. The summed E-state index contributed by atoms with van der Waals surface area (Å²) >= 11 is 4.94. The van der Waals surface area contributed by atoms with Gasteiger partial charge in [0.25, 0.3) is 23.0 Å². The lowest BCUT2D eigenvalue weighted by molar-refractivity contribution is -0.394. The van der Waals surface area contributed by atoms with Crippen LogP contribution in [0.4, 0.5) is 22.7 Å². The second-order valence-electron chi connectivity index (χ2n) is 5.42. The fourth-order valence-corrected chi connectivity index (χ4v) is 2.37. The molecule has 0 unspecified atom stereocenters. The Kier molecular flexibility index (Phi) is 5.90. The lowest BCUT2D eigenvalue weighted by Crippen LogP contribution is -2.34. The molecule has 0 radical (unpaired) electrons. The highest BCUT2D eigenvalue weighted by atomic mass is 32.1. The maximum absolute atomic E-state index is 12.2. The van der Waals surface area contributed by atoms with Crippen LogP contribution in [0.2, 0.25) is 0 Å². The summed E-state index contributed by atoms with van der Waals surface area (Å²) in [5.74, 6) is -0.925. The number of thiocarbonyl (C=S) groups is 1. The van der Waals surface area contributed by atoms with Crippen molar-refractivity contribution in [3.05, 3.63) is 77.9 Å². The first kappa shape index (κ1) is 20.3. The smallest absolute Gasteiger partial charge is 0.277 e. The monoisotopic (exact) mass is 405 g/mol. The molecule has 144 valence electrons. The van der Waals surface area contributed by atoms with Gasteiger partial charge in [-0.1, -0.05) is 6.07 Å². The Bertz CT molecular complexity index is 992. The summed E-state index contributed by atoms with van der Waals surface area (Å²) in [5.41, 5.74) is -1.12. The maximum atomic E-state index is 12.2. The van der Waals surface area contributed by atoms with Gasteiger partial charge in [0.1, 0.15) is 0 Å². The molecular formula is C15H11N5O7S. The van der Waals surface area contributed by atoms with Crippen LogP contribution in [0, 0.1) is 37.3 Å². The number of carbonyl (C=O) groups excluding carboxylic acids is 1. The van der Waals surface area contributed by atoms with Crippen molar-refractivity contribution in [2.45, 2.75) is 6.92 Å². The van der Waals surface area contributed by atoms with Gasteiger partial charge in [0, 0.05) is 29.4 Å². The fraction of sp³-hybridized carbons (Fsp3) is 0.0667. The Morgan fingerprint density at radius 1 is 0.929 bits per heavy atom. The molecule has 0 saturated heterocycles. The van der Waals surface area contributed by atoms with Crippen molar-refractivity contribution in [2.75, 3.05) is 5.32 Å². The highest BCUT2D eigenvalue weighted by molar-refractivity contribution is 7.80. The van der Waals surface area contributed by atoms with Crippen LogP contribution >= 0.6 is 12.2 Å². The number of non-ortho nitro benzene ring substituents is 2. The number of carbonyl (C=O) groups is 1. The molecule has 0 aliphatic carbocycles. The summed E-state index contributed by atoms with van der Waals surface area (Å²) in [6.07, 6.45) is 0. The summed E-state index contributed by atoms with van der Waals surface area (Å²) < 4.78 is 0. The third kappa shape index (κ3) is 4.79. The Morgan fingerprint density at radius 2 is 1.50 bits per heavy atom. The van der Waals surface area contributed by atoms with Gasteiger partial charge < -0.3 is 5.32 Å². The summed E-state index contributed by atoms with van der Waals surface area (Å²) in [7, 11) is 0. The van der Waals surface area contributed by atoms with Gasteiger partial charge in [-0.2, -0.15) is 0 Å². The van der Waals surface area contributed by atoms with E-state index in [-0.39, 0.29) is 22.1 Å². The van der Waals surface area contributed by atoms with Gasteiger partial charge in [-0.25, -0.2) is 0 Å². The number of aryl methyl sites for hydroxylation is 1. The predicted molar refractivity (Wildman–Crippen MR) is 101 cm³/mol. The Morgan fingerprint density at radius 3 is 2.00 bits per heavy atom. The molecular weight excluding hydrogens is 394 g/mol. The molecule has 0 saturated carbocycles. The molecule has 2 rings (SSSR count). The molecule has 0 aliphatic heterocycles. The highest BCUT2D eigenvalue weighted by Gasteiger charge is 2.20. The topological polar surface area (TPSA) is 171 Å². The second-order valence-corrected chi connectivity index (χ2v) is 5.83. The molecule has 28 heavy (non-hydrogen) atoms. The van der Waals surface area contributed by atoms with E-state index in [2.05, 4.69) is 10.6 Å². The zero-order valence-electron chi connectivity index (χ0n) is 14.1. The van der Waals surface area contributed by atoms with Gasteiger partial charge in [-0.05, 0) is 25.2 Å². The minimum absolute atomic E-state index is 0.159. The van der Waals surface area contributed by atoms with Crippen LogP contribution in [0.25, 0.3) is 0 Å². The van der Waals surface area contributed by atoms with Gasteiger partial charge in [0.2, 0.25) is 0 Å². The molecule has 1 amide bonds. The van der Waals surface area contributed by atoms with Crippen molar-refractivity contribution >= 4 is 46.0 Å². The molecule has 2 aromatic rings. The first-order valence-electron chi connectivity index (χ1n) is 7.39. The lowest BCUT2D eigenvalue weighted by atomic mass is 10.1. The lowest BCUT2D eigenvalue weighted by Gasteiger charge is -2.10. The average Bonchev–Trinajstić information content (AvgIpc) is 2.62. The summed E-state index contributed by atoms with van der Waals surface area (Å²) in [4.78, 5) is 42.6. The molecule has 2 aromatic carbocycles. The van der Waals surface area contributed by atoms with Gasteiger partial charge in [0.05, 0.1) is 26.4 Å². The van der Waals surface area contributed by atoms with Crippen LogP contribution in [0.15, 0.2) is 36.4 Å². The first-order chi connectivity index (χ1) is 13.1. The molecule has 0 spiro atoms. The van der Waals surface area contributed by atoms with E-state index in [0.29, 0.717) is 5.56 Å². The highest BCUT2D eigenvalue weighted by Crippen LogP contribution is 2.23. The number of nitrogens with one attached hydrogen (secondary N) is 2. The number of benzene rings is 2. The van der Waals surface area contributed by atoms with Gasteiger partial charge in [0.15, 0.2) is 5.11 Å². The average molecular weight is 405 g/mol. The van der Waals surface area contributed by atoms with Gasteiger partial charge in [-0.3, -0.25) is 40.5 Å². The Hall–Kier alpha value is -4.00. The molecule has 0 bridgehead atoms. The van der Waals surface area contributed by atoms with Gasteiger partial charge in [-0.15, -0.1) is 0 Å². The molecule has 0 heterocycles. The number of nitrogens with zero attached hydrogens (tertiary/aromatic N) is 3. The minimum Gasteiger partial charge on any atom is -0.332 e. The number of nitro benzene ring substituents is 3. The SMILES string of the molecule is Cc1ccc(NC(=S)NC(=O)c2cc([N+](=O)[O-])cc([N+](=O)[O-])c2)cc1[N+](=O)[O-]. The molecule has 0 atom stereocenters. The summed E-state index contributed by atoms with van der Waals surface area (Å²) in [5, 5.41) is 37.3. The zero-order chi connectivity index (χ0) is 21.0. The maximum Gasteiger partial charge on any atom is 0.277 e. The number of amides is 1. The molecule has 0 aromatic heterocycles. The van der Waals surface area contributed by atoms with E-state index < -0.39 is 32.1 Å². The Balaban J connectivity index is 2.20. The molecule has 12 nitrogen and oxygen atoms in total. The van der Waals surface area contributed by atoms with Crippen molar-refractivity contribution in [2.24, 2.45) is 0 Å². The van der Waals surface area contributed by atoms with Crippen molar-refractivity contribution < 1.29 is 19.6 Å². The van der Waals surface area contributed by atoms with E-state index in [1.54, 1.807) is 6.92 Å². The van der Waals surface area contributed by atoms with Crippen LogP contribution in [-0.4, -0.2) is 25.8 Å². The van der Waals surface area contributed by atoms with Crippen LogP contribution in [0.1, 0.15) is 15.9 Å². The van der Waals surface area contributed by atoms with E-state index in [1.807, 2.05) is 0 Å². The number of hydrogen-bond acceptors (Lipinski definition) is 8. The zero-order valence-corrected chi connectivity index (χ0v) is 14.9. The summed E-state index contributed by atoms with van der Waals surface area (Å²) in [6, 6.07) is 6.64. The van der Waals surface area contributed by atoms with E-state index in [1.165, 1.54) is 18.2 Å². The van der Waals surface area contributed by atoms with Crippen molar-refractivity contribution in [3.63, 3.8) is 0 Å². The third-order valence-electron chi connectivity index (χ3n) is 3.48. The van der Waals surface area contributed by atoms with Crippen molar-refractivity contribution in [1.82, 2.24) is 5.32 Å². The quantitative estimate of drug-likeness (QED) is 0.431. The molecule has 13 heteroatoms. The standard InChI is InChI=1S/C15H11N5O7S/c1-8-2-3-10(6-13(8)20(26)27)16-15(28)17-14(21)9-4-11(18(22)23)7-12(5-9)19(24)25/h2-7H,1H3,(H2,16,17,21,28). The van der Waals surface area contributed by atoms with Crippen LogP contribution in [0.3, 0.4) is 0 Å². The van der Waals surface area contributed by atoms with Gasteiger partial charge >= 0.3 is 0 Å².